The molecule has 0 fully saturated rings. The second-order valence-corrected chi connectivity index (χ2v) is 10.1. The van der Waals surface area contributed by atoms with Crippen LogP contribution in [-0.4, -0.2) is 9.97 Å². The normalized spacial score (nSPS) is 12.3. The molecule has 2 nitrogen and oxygen atoms in total. The number of hydrogen-bond donors (Lipinski definition) is 0. The predicted molar refractivity (Wildman–Crippen MR) is 128 cm³/mol. The summed E-state index contributed by atoms with van der Waals surface area (Å²) in [6.45, 7) is 13.4. The first kappa shape index (κ1) is 20.3. The first-order valence-corrected chi connectivity index (χ1v) is 10.6. The van der Waals surface area contributed by atoms with Gasteiger partial charge in [0.25, 0.3) is 0 Å². The third-order valence-corrected chi connectivity index (χ3v) is 5.65. The smallest absolute Gasteiger partial charge is 0.160 e. The maximum Gasteiger partial charge on any atom is 0.160 e. The van der Waals surface area contributed by atoms with Crippen molar-refractivity contribution in [3.05, 3.63) is 83.9 Å². The van der Waals surface area contributed by atoms with Crippen molar-refractivity contribution in [1.29, 1.82) is 0 Å². The summed E-state index contributed by atoms with van der Waals surface area (Å²) in [6.07, 6.45) is 0. The summed E-state index contributed by atoms with van der Waals surface area (Å²) in [6, 6.07) is 25.8. The van der Waals surface area contributed by atoms with Crippen molar-refractivity contribution in [2.24, 2.45) is 0 Å². The maximum atomic E-state index is 4.87. The molecule has 30 heavy (non-hydrogen) atoms. The zero-order valence-corrected chi connectivity index (χ0v) is 18.8. The van der Waals surface area contributed by atoms with Crippen LogP contribution in [0.4, 0.5) is 0 Å². The average molecular weight is 395 g/mol. The van der Waals surface area contributed by atoms with Gasteiger partial charge in [-0.15, -0.1) is 0 Å². The van der Waals surface area contributed by atoms with E-state index in [1.165, 1.54) is 11.1 Å². The Morgan fingerprint density at radius 1 is 0.467 bits per heavy atom. The van der Waals surface area contributed by atoms with E-state index in [9.17, 15) is 0 Å². The second-order valence-electron chi connectivity index (χ2n) is 10.1. The highest BCUT2D eigenvalue weighted by atomic mass is 14.9. The fraction of sp³-hybridized carbons (Fsp3) is 0.286. The average Bonchev–Trinajstić information content (AvgIpc) is 2.72. The molecule has 0 amide bonds. The Balaban J connectivity index is 1.69. The van der Waals surface area contributed by atoms with Gasteiger partial charge in [0.15, 0.2) is 5.65 Å². The summed E-state index contributed by atoms with van der Waals surface area (Å²) in [4.78, 5) is 9.74. The standard InChI is InChI=1S/C28H30N2/c1-27(2,3)22-13-7-19(8-14-22)24-17-11-21-12-18-25(30-26(21)29-24)20-9-15-23(16-10-20)28(4,5)6/h7-18H,1-6H3. The number of pyridine rings is 2. The maximum absolute atomic E-state index is 4.87. The zero-order chi connectivity index (χ0) is 21.5. The van der Waals surface area contributed by atoms with E-state index in [0.29, 0.717) is 0 Å². The molecule has 4 rings (SSSR count). The predicted octanol–water partition coefficient (Wildman–Crippen LogP) is 7.56. The monoisotopic (exact) mass is 394 g/mol. The van der Waals surface area contributed by atoms with Crippen LogP contribution < -0.4 is 0 Å². The molecular formula is C28H30N2. The Hall–Kier alpha value is -3.00. The summed E-state index contributed by atoms with van der Waals surface area (Å²) in [5.41, 5.74) is 7.87. The van der Waals surface area contributed by atoms with Crippen LogP contribution in [0.2, 0.25) is 0 Å². The van der Waals surface area contributed by atoms with Gasteiger partial charge >= 0.3 is 0 Å². The lowest BCUT2D eigenvalue weighted by Crippen LogP contribution is -2.10. The largest absolute Gasteiger partial charge is 0.228 e. The number of benzene rings is 2. The summed E-state index contributed by atoms with van der Waals surface area (Å²) in [5.74, 6) is 0. The second kappa shape index (κ2) is 7.36. The van der Waals surface area contributed by atoms with Gasteiger partial charge in [0.2, 0.25) is 0 Å². The van der Waals surface area contributed by atoms with Crippen molar-refractivity contribution in [3.63, 3.8) is 0 Å². The van der Waals surface area contributed by atoms with Crippen LogP contribution in [-0.2, 0) is 10.8 Å². The summed E-state index contributed by atoms with van der Waals surface area (Å²) < 4.78 is 0. The minimum absolute atomic E-state index is 0.147. The Kier molecular flexibility index (Phi) is 4.97. The fourth-order valence-corrected chi connectivity index (χ4v) is 3.60. The van der Waals surface area contributed by atoms with Gasteiger partial charge in [0, 0.05) is 16.5 Å². The molecule has 0 unspecified atom stereocenters. The van der Waals surface area contributed by atoms with Crippen LogP contribution in [0.3, 0.4) is 0 Å². The Bertz CT molecular complexity index is 1080. The van der Waals surface area contributed by atoms with Gasteiger partial charge in [-0.05, 0) is 46.2 Å². The minimum Gasteiger partial charge on any atom is -0.228 e. The molecule has 152 valence electrons. The molecule has 2 aromatic heterocycles. The number of fused-ring (bicyclic) bond motifs is 1. The Labute approximate surface area is 180 Å². The van der Waals surface area contributed by atoms with Crippen molar-refractivity contribution < 1.29 is 0 Å². The van der Waals surface area contributed by atoms with Gasteiger partial charge in [-0.1, -0.05) is 90.1 Å². The summed E-state index contributed by atoms with van der Waals surface area (Å²) >= 11 is 0. The first-order chi connectivity index (χ1) is 14.1. The van der Waals surface area contributed by atoms with E-state index in [-0.39, 0.29) is 10.8 Å². The Morgan fingerprint density at radius 2 is 0.833 bits per heavy atom. The van der Waals surface area contributed by atoms with E-state index in [2.05, 4.69) is 114 Å². The summed E-state index contributed by atoms with van der Waals surface area (Å²) in [5, 5.41) is 1.06. The molecule has 0 aliphatic heterocycles. The zero-order valence-electron chi connectivity index (χ0n) is 18.8. The lowest BCUT2D eigenvalue weighted by Gasteiger charge is -2.19. The SMILES string of the molecule is CC(C)(C)c1ccc(-c2ccc3ccc(-c4ccc(C(C)(C)C)cc4)nc3n2)cc1. The lowest BCUT2D eigenvalue weighted by molar-refractivity contribution is 0.590. The van der Waals surface area contributed by atoms with Crippen molar-refractivity contribution in [2.75, 3.05) is 0 Å². The van der Waals surface area contributed by atoms with Crippen molar-refractivity contribution >= 4 is 11.0 Å². The van der Waals surface area contributed by atoms with Crippen LogP contribution in [0, 0.1) is 0 Å². The van der Waals surface area contributed by atoms with E-state index >= 15 is 0 Å². The minimum atomic E-state index is 0.147. The fourth-order valence-electron chi connectivity index (χ4n) is 3.60. The van der Waals surface area contributed by atoms with Gasteiger partial charge in [-0.25, -0.2) is 9.97 Å². The molecule has 2 heteroatoms. The molecule has 0 saturated heterocycles. The van der Waals surface area contributed by atoms with Crippen LogP contribution >= 0.6 is 0 Å². The number of hydrogen-bond acceptors (Lipinski definition) is 2. The van der Waals surface area contributed by atoms with Crippen LogP contribution in [0.25, 0.3) is 33.5 Å². The molecule has 0 N–H and O–H groups in total. The molecular weight excluding hydrogens is 364 g/mol. The third kappa shape index (κ3) is 4.14. The third-order valence-electron chi connectivity index (χ3n) is 5.65. The molecule has 0 aliphatic rings. The van der Waals surface area contributed by atoms with Gasteiger partial charge in [0.05, 0.1) is 11.4 Å². The molecule has 2 aromatic carbocycles. The number of rotatable bonds is 2. The van der Waals surface area contributed by atoms with E-state index in [4.69, 9.17) is 9.97 Å². The molecule has 0 radical (unpaired) electrons. The van der Waals surface area contributed by atoms with Crippen molar-refractivity contribution in [3.8, 4) is 22.5 Å². The topological polar surface area (TPSA) is 25.8 Å². The van der Waals surface area contributed by atoms with Crippen molar-refractivity contribution in [1.82, 2.24) is 9.97 Å². The van der Waals surface area contributed by atoms with Crippen LogP contribution in [0.15, 0.2) is 72.8 Å². The summed E-state index contributed by atoms with van der Waals surface area (Å²) in [7, 11) is 0. The van der Waals surface area contributed by atoms with Crippen LogP contribution in [0.5, 0.6) is 0 Å². The van der Waals surface area contributed by atoms with Gasteiger partial charge < -0.3 is 0 Å². The van der Waals surface area contributed by atoms with Gasteiger partial charge in [-0.2, -0.15) is 0 Å². The number of nitrogens with zero attached hydrogens (tertiary/aromatic N) is 2. The highest BCUT2D eigenvalue weighted by Gasteiger charge is 2.15. The number of aromatic nitrogens is 2. The van der Waals surface area contributed by atoms with E-state index in [1.807, 2.05) is 0 Å². The van der Waals surface area contributed by atoms with E-state index in [1.54, 1.807) is 0 Å². The highest BCUT2D eigenvalue weighted by molar-refractivity contribution is 5.81. The quantitative estimate of drug-likeness (QED) is 0.350. The molecule has 0 bridgehead atoms. The molecule has 0 saturated carbocycles. The molecule has 4 aromatic rings. The van der Waals surface area contributed by atoms with E-state index < -0.39 is 0 Å². The molecule has 0 atom stereocenters. The Morgan fingerprint density at radius 3 is 1.17 bits per heavy atom. The van der Waals surface area contributed by atoms with Crippen LogP contribution in [0.1, 0.15) is 52.7 Å². The molecule has 0 aliphatic carbocycles. The van der Waals surface area contributed by atoms with Gasteiger partial charge in [-0.3, -0.25) is 0 Å². The highest BCUT2D eigenvalue weighted by Crippen LogP contribution is 2.28. The molecule has 2 heterocycles. The van der Waals surface area contributed by atoms with Crippen molar-refractivity contribution in [2.45, 2.75) is 52.4 Å². The lowest BCUT2D eigenvalue weighted by atomic mass is 9.86. The van der Waals surface area contributed by atoms with Gasteiger partial charge in [0.1, 0.15) is 0 Å². The molecule has 0 spiro atoms. The first-order valence-electron chi connectivity index (χ1n) is 10.6. The van der Waals surface area contributed by atoms with E-state index in [0.717, 1.165) is 33.5 Å².